The van der Waals surface area contributed by atoms with Gasteiger partial charge in [0.15, 0.2) is 0 Å². The Hall–Kier alpha value is -0.680. The molecule has 23 heavy (non-hydrogen) atoms. The topological polar surface area (TPSA) is 44.8 Å². The highest BCUT2D eigenvalue weighted by molar-refractivity contribution is 5.71. The van der Waals surface area contributed by atoms with Crippen molar-refractivity contribution in [2.24, 2.45) is 0 Å². The highest BCUT2D eigenvalue weighted by Gasteiger charge is 2.28. The van der Waals surface area contributed by atoms with Gasteiger partial charge >= 0.3 is 5.97 Å². The van der Waals surface area contributed by atoms with Crippen LogP contribution in [0.25, 0.3) is 0 Å². The third-order valence-corrected chi connectivity index (χ3v) is 4.47. The van der Waals surface area contributed by atoms with E-state index in [9.17, 15) is 9.18 Å². The fraction of sp³-hybridized carbons (Fsp3) is 0.944. The summed E-state index contributed by atoms with van der Waals surface area (Å²) in [5.74, 6) is -0.307. The first-order chi connectivity index (χ1) is 10.8. The number of hydrogen-bond acceptors (Lipinski definition) is 4. The van der Waals surface area contributed by atoms with Crippen molar-refractivity contribution in [3.8, 4) is 0 Å². The summed E-state index contributed by atoms with van der Waals surface area (Å²) in [6.45, 7) is 5.57. The quantitative estimate of drug-likeness (QED) is 0.716. The van der Waals surface area contributed by atoms with Gasteiger partial charge in [-0.1, -0.05) is 0 Å². The number of rotatable bonds is 5. The van der Waals surface area contributed by atoms with Crippen molar-refractivity contribution < 1.29 is 23.4 Å². The van der Waals surface area contributed by atoms with Gasteiger partial charge in [-0.05, 0) is 72.1 Å². The Bertz CT molecular complexity index is 364. The van der Waals surface area contributed by atoms with Crippen LogP contribution in [0.3, 0.4) is 0 Å². The summed E-state index contributed by atoms with van der Waals surface area (Å²) in [5.41, 5.74) is -0.468. The van der Waals surface area contributed by atoms with Gasteiger partial charge in [-0.3, -0.25) is 0 Å². The average molecular weight is 330 g/mol. The molecule has 0 amide bonds. The molecular formula is C18H31FO4. The van der Waals surface area contributed by atoms with Crippen molar-refractivity contribution in [2.45, 2.75) is 102 Å². The fourth-order valence-electron chi connectivity index (χ4n) is 3.32. The van der Waals surface area contributed by atoms with Crippen LogP contribution in [0, 0.1) is 0 Å². The molecule has 2 fully saturated rings. The van der Waals surface area contributed by atoms with E-state index in [0.717, 1.165) is 38.5 Å². The van der Waals surface area contributed by atoms with Crippen LogP contribution in [-0.4, -0.2) is 42.7 Å². The van der Waals surface area contributed by atoms with Crippen LogP contribution in [0.1, 0.15) is 72.1 Å². The molecule has 0 N–H and O–H groups in total. The second-order valence-electron chi connectivity index (χ2n) is 7.81. The summed E-state index contributed by atoms with van der Waals surface area (Å²) in [6, 6.07) is 0. The minimum atomic E-state index is -0.633. The first-order valence-corrected chi connectivity index (χ1v) is 8.95. The lowest BCUT2D eigenvalue weighted by Crippen LogP contribution is -2.33. The summed E-state index contributed by atoms with van der Waals surface area (Å²) < 4.78 is 30.1. The standard InChI is InChI=1S/C18H31FO4/c1-18(2,3)23-17(20)12-21-14-8-10-16(11-9-14)22-15-6-4-13(19)5-7-15/h13-16H,4-12H2,1-3H3. The summed E-state index contributed by atoms with van der Waals surface area (Å²) >= 11 is 0. The highest BCUT2D eigenvalue weighted by Crippen LogP contribution is 2.29. The molecule has 2 rings (SSSR count). The predicted molar refractivity (Wildman–Crippen MR) is 86.1 cm³/mol. The van der Waals surface area contributed by atoms with E-state index in [4.69, 9.17) is 14.2 Å². The van der Waals surface area contributed by atoms with E-state index in [2.05, 4.69) is 0 Å². The highest BCUT2D eigenvalue weighted by atomic mass is 19.1. The van der Waals surface area contributed by atoms with Crippen molar-refractivity contribution in [3.05, 3.63) is 0 Å². The lowest BCUT2D eigenvalue weighted by molar-refractivity contribution is -0.163. The molecule has 5 heteroatoms. The maximum absolute atomic E-state index is 13.1. The van der Waals surface area contributed by atoms with Gasteiger partial charge < -0.3 is 14.2 Å². The van der Waals surface area contributed by atoms with Crippen molar-refractivity contribution >= 4 is 5.97 Å². The molecule has 0 aromatic heterocycles. The number of carbonyl (C=O) groups is 1. The van der Waals surface area contributed by atoms with Crippen LogP contribution in [0.2, 0.25) is 0 Å². The largest absolute Gasteiger partial charge is 0.458 e. The van der Waals surface area contributed by atoms with Gasteiger partial charge in [0.05, 0.1) is 18.3 Å². The van der Waals surface area contributed by atoms with E-state index >= 15 is 0 Å². The molecule has 2 saturated carbocycles. The van der Waals surface area contributed by atoms with Crippen molar-refractivity contribution in [1.82, 2.24) is 0 Å². The SMILES string of the molecule is CC(C)(C)OC(=O)COC1CCC(OC2CCC(F)CC2)CC1. The molecule has 4 nitrogen and oxygen atoms in total. The Kier molecular flexibility index (Phi) is 6.84. The van der Waals surface area contributed by atoms with Gasteiger partial charge in [0.25, 0.3) is 0 Å². The van der Waals surface area contributed by atoms with Crippen LogP contribution in [0.4, 0.5) is 4.39 Å². The fourth-order valence-corrected chi connectivity index (χ4v) is 3.32. The summed E-state index contributed by atoms with van der Waals surface area (Å²) in [7, 11) is 0. The van der Waals surface area contributed by atoms with Crippen LogP contribution >= 0.6 is 0 Å². The van der Waals surface area contributed by atoms with Gasteiger partial charge in [0.1, 0.15) is 18.4 Å². The molecule has 2 aliphatic carbocycles. The molecule has 0 atom stereocenters. The second-order valence-corrected chi connectivity index (χ2v) is 7.81. The van der Waals surface area contributed by atoms with E-state index in [1.165, 1.54) is 0 Å². The number of ether oxygens (including phenoxy) is 3. The smallest absolute Gasteiger partial charge is 0.332 e. The van der Waals surface area contributed by atoms with Crippen molar-refractivity contribution in [2.75, 3.05) is 6.61 Å². The predicted octanol–water partition coefficient (Wildman–Crippen LogP) is 3.95. The molecule has 2 aliphatic rings. The molecule has 0 aliphatic heterocycles. The Morgan fingerprint density at radius 3 is 1.91 bits per heavy atom. The van der Waals surface area contributed by atoms with Crippen LogP contribution in [0.5, 0.6) is 0 Å². The molecule has 0 bridgehead atoms. The Morgan fingerprint density at radius 1 is 0.913 bits per heavy atom. The van der Waals surface area contributed by atoms with Crippen molar-refractivity contribution in [1.29, 1.82) is 0 Å². The normalized spacial score (nSPS) is 32.5. The molecule has 134 valence electrons. The van der Waals surface area contributed by atoms with Gasteiger partial charge in [0, 0.05) is 0 Å². The Morgan fingerprint density at radius 2 is 1.39 bits per heavy atom. The minimum Gasteiger partial charge on any atom is -0.458 e. The Balaban J connectivity index is 1.59. The van der Waals surface area contributed by atoms with Crippen LogP contribution in [0.15, 0.2) is 0 Å². The maximum Gasteiger partial charge on any atom is 0.332 e. The third-order valence-electron chi connectivity index (χ3n) is 4.47. The van der Waals surface area contributed by atoms with Gasteiger partial charge in [0.2, 0.25) is 0 Å². The monoisotopic (exact) mass is 330 g/mol. The van der Waals surface area contributed by atoms with Crippen LogP contribution in [-0.2, 0) is 19.0 Å². The van der Waals surface area contributed by atoms with Crippen molar-refractivity contribution in [3.63, 3.8) is 0 Å². The number of esters is 1. The maximum atomic E-state index is 13.1. The molecule has 0 unspecified atom stereocenters. The lowest BCUT2D eigenvalue weighted by atomic mass is 9.93. The minimum absolute atomic E-state index is 0.0218. The molecule has 0 radical (unpaired) electrons. The van der Waals surface area contributed by atoms with E-state index < -0.39 is 11.8 Å². The molecule has 0 aromatic carbocycles. The zero-order chi connectivity index (χ0) is 16.9. The second kappa shape index (κ2) is 8.43. The molecular weight excluding hydrogens is 299 g/mol. The number of hydrogen-bond donors (Lipinski definition) is 0. The third kappa shape index (κ3) is 7.17. The van der Waals surface area contributed by atoms with Gasteiger partial charge in [-0.15, -0.1) is 0 Å². The number of halogens is 1. The average Bonchev–Trinajstić information content (AvgIpc) is 2.47. The van der Waals surface area contributed by atoms with E-state index in [1.807, 2.05) is 20.8 Å². The lowest BCUT2D eigenvalue weighted by Gasteiger charge is -2.33. The van der Waals surface area contributed by atoms with Crippen LogP contribution < -0.4 is 0 Å². The molecule has 0 saturated heterocycles. The zero-order valence-electron chi connectivity index (χ0n) is 14.7. The summed E-state index contributed by atoms with van der Waals surface area (Å²) in [4.78, 5) is 11.7. The first kappa shape index (κ1) is 18.7. The van der Waals surface area contributed by atoms with Gasteiger partial charge in [-0.25, -0.2) is 9.18 Å². The molecule has 0 aromatic rings. The van der Waals surface area contributed by atoms with Gasteiger partial charge in [-0.2, -0.15) is 0 Å². The summed E-state index contributed by atoms with van der Waals surface area (Å²) in [6.07, 6.45) is 6.66. The Labute approximate surface area is 139 Å². The molecule has 0 spiro atoms. The first-order valence-electron chi connectivity index (χ1n) is 8.95. The van der Waals surface area contributed by atoms with E-state index in [0.29, 0.717) is 12.8 Å². The number of carbonyl (C=O) groups excluding carboxylic acids is 1. The summed E-state index contributed by atoms with van der Waals surface area (Å²) in [5, 5.41) is 0. The molecule has 0 heterocycles. The van der Waals surface area contributed by atoms with E-state index in [1.54, 1.807) is 0 Å². The zero-order valence-corrected chi connectivity index (χ0v) is 14.7. The van der Waals surface area contributed by atoms with E-state index in [-0.39, 0.29) is 30.9 Å². The number of alkyl halides is 1.